The van der Waals surface area contributed by atoms with Crippen molar-refractivity contribution < 1.29 is 9.90 Å². The molecular formula is C7H7BrN2O4. The van der Waals surface area contributed by atoms with Crippen LogP contribution in [0.2, 0.25) is 0 Å². The molecule has 0 saturated heterocycles. The first-order valence-electron chi connectivity index (χ1n) is 3.67. The van der Waals surface area contributed by atoms with Crippen LogP contribution in [0.1, 0.15) is 13.0 Å². The lowest BCUT2D eigenvalue weighted by molar-refractivity contribution is -0.140. The number of hydrogen-bond donors (Lipinski definition) is 2. The molecule has 1 aromatic heterocycles. The highest BCUT2D eigenvalue weighted by molar-refractivity contribution is 9.10. The van der Waals surface area contributed by atoms with Crippen molar-refractivity contribution >= 4 is 21.9 Å². The third-order valence-electron chi connectivity index (χ3n) is 1.71. The van der Waals surface area contributed by atoms with E-state index in [9.17, 15) is 14.4 Å². The van der Waals surface area contributed by atoms with Crippen molar-refractivity contribution in [2.24, 2.45) is 0 Å². The molecule has 0 aliphatic heterocycles. The average Bonchev–Trinajstić information content (AvgIpc) is 2.12. The van der Waals surface area contributed by atoms with E-state index in [1.54, 1.807) is 0 Å². The number of aliphatic carboxylic acids is 1. The molecule has 0 aliphatic rings. The summed E-state index contributed by atoms with van der Waals surface area (Å²) < 4.78 is 0.747. The maximum Gasteiger partial charge on any atom is 0.329 e. The number of nitrogens with zero attached hydrogens (tertiary/aromatic N) is 1. The molecule has 14 heavy (non-hydrogen) atoms. The van der Waals surface area contributed by atoms with Gasteiger partial charge in [-0.3, -0.25) is 4.79 Å². The Kier molecular flexibility index (Phi) is 2.90. The second-order valence-electron chi connectivity index (χ2n) is 2.63. The first kappa shape index (κ1) is 10.7. The van der Waals surface area contributed by atoms with E-state index in [1.165, 1.54) is 13.1 Å². The molecule has 1 aromatic rings. The quantitative estimate of drug-likeness (QED) is 0.782. The highest BCUT2D eigenvalue weighted by Crippen LogP contribution is 2.01. The van der Waals surface area contributed by atoms with Crippen LogP contribution in [0.5, 0.6) is 0 Å². The van der Waals surface area contributed by atoms with E-state index in [1.807, 2.05) is 0 Å². The molecule has 0 bridgehead atoms. The number of H-pyrrole nitrogens is 1. The standard InChI is InChI=1S/C7H7BrN2O4/c1-3(6(12)13)10-5(11)4(8)2-9-7(10)14/h2-3H,1H3,(H,9,14)(H,12,13). The highest BCUT2D eigenvalue weighted by atomic mass is 79.9. The SMILES string of the molecule is CC(C(=O)O)n1c(=O)[nH]cc(Br)c1=O. The van der Waals surface area contributed by atoms with Crippen LogP contribution in [0.25, 0.3) is 0 Å². The van der Waals surface area contributed by atoms with Crippen LogP contribution in [0.3, 0.4) is 0 Å². The number of aromatic amines is 1. The summed E-state index contributed by atoms with van der Waals surface area (Å²) in [7, 11) is 0. The number of halogens is 1. The van der Waals surface area contributed by atoms with Crippen molar-refractivity contribution in [3.63, 3.8) is 0 Å². The van der Waals surface area contributed by atoms with Gasteiger partial charge in [0.15, 0.2) is 0 Å². The first-order valence-corrected chi connectivity index (χ1v) is 4.47. The summed E-state index contributed by atoms with van der Waals surface area (Å²) in [6.45, 7) is 1.26. The number of carboxylic acid groups (broad SMARTS) is 1. The summed E-state index contributed by atoms with van der Waals surface area (Å²) in [4.78, 5) is 35.4. The fraction of sp³-hybridized carbons (Fsp3) is 0.286. The van der Waals surface area contributed by atoms with E-state index in [4.69, 9.17) is 5.11 Å². The lowest BCUT2D eigenvalue weighted by Crippen LogP contribution is -2.39. The Hall–Kier alpha value is -1.37. The number of aromatic nitrogens is 2. The van der Waals surface area contributed by atoms with E-state index in [2.05, 4.69) is 20.9 Å². The Morgan fingerprint density at radius 2 is 2.21 bits per heavy atom. The van der Waals surface area contributed by atoms with Gasteiger partial charge < -0.3 is 10.1 Å². The Morgan fingerprint density at radius 3 is 2.71 bits per heavy atom. The molecule has 0 aromatic carbocycles. The number of nitrogens with one attached hydrogen (secondary N) is 1. The lowest BCUT2D eigenvalue weighted by atomic mass is 10.3. The van der Waals surface area contributed by atoms with Crippen LogP contribution in [0, 0.1) is 0 Å². The maximum absolute atomic E-state index is 11.4. The van der Waals surface area contributed by atoms with Crippen LogP contribution >= 0.6 is 15.9 Å². The molecule has 0 radical (unpaired) electrons. The summed E-state index contributed by atoms with van der Waals surface area (Å²) in [5.74, 6) is -1.24. The summed E-state index contributed by atoms with van der Waals surface area (Å²) in [6.07, 6.45) is 1.18. The Balaban J connectivity index is 3.48. The van der Waals surface area contributed by atoms with Gasteiger partial charge in [0.25, 0.3) is 5.56 Å². The minimum absolute atomic E-state index is 0.116. The van der Waals surface area contributed by atoms with Gasteiger partial charge in [-0.25, -0.2) is 14.2 Å². The van der Waals surface area contributed by atoms with Crippen molar-refractivity contribution in [3.05, 3.63) is 31.5 Å². The highest BCUT2D eigenvalue weighted by Gasteiger charge is 2.18. The van der Waals surface area contributed by atoms with E-state index in [0.29, 0.717) is 4.57 Å². The summed E-state index contributed by atoms with van der Waals surface area (Å²) >= 11 is 2.90. The third kappa shape index (κ3) is 1.77. The van der Waals surface area contributed by atoms with Gasteiger partial charge in [-0.1, -0.05) is 0 Å². The molecule has 1 unspecified atom stereocenters. The fourth-order valence-electron chi connectivity index (χ4n) is 0.926. The molecule has 0 saturated carbocycles. The molecule has 0 amide bonds. The zero-order valence-corrected chi connectivity index (χ0v) is 8.74. The predicted octanol–water partition coefficient (Wildman–Crippen LogP) is -0.0553. The largest absolute Gasteiger partial charge is 0.480 e. The molecule has 1 heterocycles. The van der Waals surface area contributed by atoms with Gasteiger partial charge in [0.05, 0.1) is 4.47 Å². The second kappa shape index (κ2) is 3.79. The zero-order valence-electron chi connectivity index (χ0n) is 7.15. The Morgan fingerprint density at radius 1 is 1.64 bits per heavy atom. The Bertz CT molecular complexity index is 475. The number of carboxylic acids is 1. The van der Waals surface area contributed by atoms with E-state index in [0.717, 1.165) is 0 Å². The van der Waals surface area contributed by atoms with Crippen molar-refractivity contribution in [2.45, 2.75) is 13.0 Å². The maximum atomic E-state index is 11.4. The second-order valence-corrected chi connectivity index (χ2v) is 3.49. The minimum Gasteiger partial charge on any atom is -0.480 e. The van der Waals surface area contributed by atoms with Crippen LogP contribution in [0.4, 0.5) is 0 Å². The number of hydrogen-bond acceptors (Lipinski definition) is 3. The first-order chi connectivity index (χ1) is 6.45. The van der Waals surface area contributed by atoms with Crippen LogP contribution in [-0.4, -0.2) is 20.6 Å². The topological polar surface area (TPSA) is 92.2 Å². The van der Waals surface area contributed by atoms with Gasteiger partial charge in [0, 0.05) is 6.20 Å². The molecular weight excluding hydrogens is 256 g/mol. The van der Waals surface area contributed by atoms with Crippen LogP contribution < -0.4 is 11.2 Å². The normalized spacial score (nSPS) is 12.4. The van der Waals surface area contributed by atoms with Crippen molar-refractivity contribution in [1.82, 2.24) is 9.55 Å². The third-order valence-corrected chi connectivity index (χ3v) is 2.28. The van der Waals surface area contributed by atoms with Crippen LogP contribution in [-0.2, 0) is 4.79 Å². The van der Waals surface area contributed by atoms with E-state index >= 15 is 0 Å². The van der Waals surface area contributed by atoms with Gasteiger partial charge >= 0.3 is 11.7 Å². The summed E-state index contributed by atoms with van der Waals surface area (Å²) in [6, 6.07) is -1.19. The van der Waals surface area contributed by atoms with Gasteiger partial charge in [-0.15, -0.1) is 0 Å². The molecule has 0 fully saturated rings. The monoisotopic (exact) mass is 262 g/mol. The Labute approximate surface area is 86.3 Å². The van der Waals surface area contributed by atoms with Gasteiger partial charge in [-0.05, 0) is 22.9 Å². The minimum atomic E-state index is -1.24. The van der Waals surface area contributed by atoms with Gasteiger partial charge in [0.1, 0.15) is 6.04 Å². The van der Waals surface area contributed by atoms with Gasteiger partial charge in [0.2, 0.25) is 0 Å². The lowest BCUT2D eigenvalue weighted by Gasteiger charge is -2.08. The van der Waals surface area contributed by atoms with E-state index in [-0.39, 0.29) is 4.47 Å². The van der Waals surface area contributed by atoms with Crippen molar-refractivity contribution in [1.29, 1.82) is 0 Å². The molecule has 76 valence electrons. The van der Waals surface area contributed by atoms with Crippen molar-refractivity contribution in [2.75, 3.05) is 0 Å². The zero-order chi connectivity index (χ0) is 10.9. The van der Waals surface area contributed by atoms with Gasteiger partial charge in [-0.2, -0.15) is 0 Å². The number of carbonyl (C=O) groups is 1. The fourth-order valence-corrected chi connectivity index (χ4v) is 1.23. The molecule has 0 aliphatic carbocycles. The molecule has 1 atom stereocenters. The summed E-state index contributed by atoms with van der Waals surface area (Å²) in [5.41, 5.74) is -1.41. The van der Waals surface area contributed by atoms with Crippen LogP contribution in [0.15, 0.2) is 20.3 Å². The molecule has 6 nitrogen and oxygen atoms in total. The molecule has 7 heteroatoms. The molecule has 1 rings (SSSR count). The number of rotatable bonds is 2. The average molecular weight is 263 g/mol. The summed E-state index contributed by atoms with van der Waals surface area (Å²) in [5, 5.41) is 8.65. The van der Waals surface area contributed by atoms with E-state index < -0.39 is 23.3 Å². The molecule has 0 spiro atoms. The smallest absolute Gasteiger partial charge is 0.329 e. The predicted molar refractivity (Wildman–Crippen MR) is 51.4 cm³/mol. The van der Waals surface area contributed by atoms with Crippen molar-refractivity contribution in [3.8, 4) is 0 Å². The molecule has 2 N–H and O–H groups in total.